The molecule has 1 fully saturated rings. The molecular weight excluding hydrogens is 366 g/mol. The number of amides is 1. The number of carbonyl (C=O) groups is 1. The van der Waals surface area contributed by atoms with Crippen molar-refractivity contribution in [2.75, 3.05) is 13.2 Å². The van der Waals surface area contributed by atoms with Crippen molar-refractivity contribution < 1.29 is 9.53 Å². The highest BCUT2D eigenvalue weighted by Crippen LogP contribution is 2.35. The Labute approximate surface area is 170 Å². The van der Waals surface area contributed by atoms with Crippen LogP contribution in [0.4, 0.5) is 0 Å². The van der Waals surface area contributed by atoms with Gasteiger partial charge in [0.15, 0.2) is 0 Å². The maximum absolute atomic E-state index is 13.7. The molecule has 7 nitrogen and oxygen atoms in total. The molecule has 152 valence electrons. The van der Waals surface area contributed by atoms with Gasteiger partial charge in [0.2, 0.25) is 0 Å². The molecule has 3 aromatic rings. The summed E-state index contributed by atoms with van der Waals surface area (Å²) in [6.07, 6.45) is 8.78. The molecule has 1 atom stereocenters. The highest BCUT2D eigenvalue weighted by molar-refractivity contribution is 6.06. The summed E-state index contributed by atoms with van der Waals surface area (Å²) in [4.78, 5) is 15.9. The first-order valence-electron chi connectivity index (χ1n) is 10.6. The van der Waals surface area contributed by atoms with Crippen LogP contribution in [0.25, 0.3) is 10.9 Å². The summed E-state index contributed by atoms with van der Waals surface area (Å²) in [7, 11) is 0. The standard InChI is InChI=1S/C22H27N5O2/c1-2-29-11-10-26-21-5-3-4-18(19(21)14-24-26)22(28)27(16-6-7-16)17-8-9-20-15(12-17)13-23-25-20/h3-5,13-14,16-17H,2,6-12H2,1H3,(H,23,25). The molecule has 1 unspecified atom stereocenters. The monoisotopic (exact) mass is 393 g/mol. The average molecular weight is 393 g/mol. The average Bonchev–Trinajstić information content (AvgIpc) is 3.30. The van der Waals surface area contributed by atoms with Gasteiger partial charge in [0.1, 0.15) is 0 Å². The van der Waals surface area contributed by atoms with E-state index >= 15 is 0 Å². The molecule has 2 heterocycles. The summed E-state index contributed by atoms with van der Waals surface area (Å²) in [5.74, 6) is 0.138. The maximum atomic E-state index is 13.7. The molecule has 0 spiro atoms. The van der Waals surface area contributed by atoms with Crippen LogP contribution in [0.5, 0.6) is 0 Å². The zero-order valence-corrected chi connectivity index (χ0v) is 16.8. The lowest BCUT2D eigenvalue weighted by Gasteiger charge is -2.34. The van der Waals surface area contributed by atoms with E-state index in [0.29, 0.717) is 25.8 Å². The number of ether oxygens (including phenoxy) is 1. The summed E-state index contributed by atoms with van der Waals surface area (Å²) in [6.45, 7) is 3.99. The van der Waals surface area contributed by atoms with Gasteiger partial charge >= 0.3 is 0 Å². The van der Waals surface area contributed by atoms with Gasteiger partial charge in [-0.3, -0.25) is 14.6 Å². The largest absolute Gasteiger partial charge is 0.380 e. The molecule has 0 radical (unpaired) electrons. The molecule has 7 heteroatoms. The van der Waals surface area contributed by atoms with E-state index in [-0.39, 0.29) is 11.9 Å². The number of fused-ring (bicyclic) bond motifs is 2. The number of aromatic nitrogens is 4. The van der Waals surface area contributed by atoms with Crippen molar-refractivity contribution in [2.45, 2.75) is 57.7 Å². The molecule has 0 bridgehead atoms. The van der Waals surface area contributed by atoms with E-state index in [2.05, 4.69) is 20.2 Å². The summed E-state index contributed by atoms with van der Waals surface area (Å²) in [5, 5.41) is 12.7. The third-order valence-corrected chi connectivity index (χ3v) is 6.13. The van der Waals surface area contributed by atoms with Gasteiger partial charge in [-0.15, -0.1) is 0 Å². The Morgan fingerprint density at radius 3 is 3.00 bits per heavy atom. The van der Waals surface area contributed by atoms with Crippen molar-refractivity contribution in [3.8, 4) is 0 Å². The molecule has 5 rings (SSSR count). The fourth-order valence-electron chi connectivity index (χ4n) is 4.52. The highest BCUT2D eigenvalue weighted by Gasteiger charge is 2.39. The topological polar surface area (TPSA) is 76.0 Å². The number of nitrogens with zero attached hydrogens (tertiary/aromatic N) is 4. The summed E-state index contributed by atoms with van der Waals surface area (Å²) in [6, 6.07) is 6.55. The second kappa shape index (κ2) is 7.63. The van der Waals surface area contributed by atoms with Gasteiger partial charge in [0.05, 0.1) is 36.6 Å². The van der Waals surface area contributed by atoms with Crippen molar-refractivity contribution in [1.29, 1.82) is 0 Å². The number of hydrogen-bond donors (Lipinski definition) is 1. The molecule has 1 saturated carbocycles. The number of carbonyl (C=O) groups excluding carboxylic acids is 1. The molecule has 2 aliphatic rings. The smallest absolute Gasteiger partial charge is 0.255 e. The molecule has 2 aromatic heterocycles. The van der Waals surface area contributed by atoms with Crippen molar-refractivity contribution in [2.24, 2.45) is 0 Å². The SMILES string of the molecule is CCOCCn1ncc2c(C(=O)N(C3CC3)C3CCc4[nH]ncc4C3)cccc21. The second-order valence-electron chi connectivity index (χ2n) is 8.02. The summed E-state index contributed by atoms with van der Waals surface area (Å²) in [5.41, 5.74) is 4.23. The lowest BCUT2D eigenvalue weighted by atomic mass is 9.91. The molecule has 1 aromatic carbocycles. The molecule has 29 heavy (non-hydrogen) atoms. The Bertz CT molecular complexity index is 1020. The minimum Gasteiger partial charge on any atom is -0.380 e. The quantitative estimate of drug-likeness (QED) is 0.626. The molecule has 0 saturated heterocycles. The fourth-order valence-corrected chi connectivity index (χ4v) is 4.52. The van der Waals surface area contributed by atoms with Crippen LogP contribution in [0.1, 0.15) is 47.8 Å². The predicted octanol–water partition coefficient (Wildman–Crippen LogP) is 2.96. The van der Waals surface area contributed by atoms with Gasteiger partial charge in [-0.25, -0.2) is 0 Å². The first-order chi connectivity index (χ1) is 14.3. The minimum atomic E-state index is 0.138. The van der Waals surface area contributed by atoms with Gasteiger partial charge in [-0.05, 0) is 56.7 Å². The second-order valence-corrected chi connectivity index (χ2v) is 8.02. The Balaban J connectivity index is 1.43. The first-order valence-corrected chi connectivity index (χ1v) is 10.6. The van der Waals surface area contributed by atoms with E-state index in [4.69, 9.17) is 4.74 Å². The normalized spacial score (nSPS) is 18.7. The Kier molecular flexibility index (Phi) is 4.83. The van der Waals surface area contributed by atoms with Crippen molar-refractivity contribution in [3.63, 3.8) is 0 Å². The third kappa shape index (κ3) is 3.44. The molecule has 0 aliphatic heterocycles. The van der Waals surface area contributed by atoms with Crippen LogP contribution in [-0.4, -0.2) is 56.1 Å². The number of H-pyrrole nitrogens is 1. The van der Waals surface area contributed by atoms with Gasteiger partial charge in [0, 0.05) is 29.8 Å². The Morgan fingerprint density at radius 1 is 1.28 bits per heavy atom. The van der Waals surface area contributed by atoms with E-state index < -0.39 is 0 Å². The van der Waals surface area contributed by atoms with E-state index in [0.717, 1.165) is 48.6 Å². The van der Waals surface area contributed by atoms with Gasteiger partial charge in [-0.1, -0.05) is 6.07 Å². The number of aryl methyl sites for hydroxylation is 1. The van der Waals surface area contributed by atoms with Crippen LogP contribution >= 0.6 is 0 Å². The maximum Gasteiger partial charge on any atom is 0.255 e. The predicted molar refractivity (Wildman–Crippen MR) is 110 cm³/mol. The number of rotatable bonds is 7. The van der Waals surface area contributed by atoms with Crippen LogP contribution < -0.4 is 0 Å². The minimum absolute atomic E-state index is 0.138. The van der Waals surface area contributed by atoms with Crippen LogP contribution in [0, 0.1) is 0 Å². The number of nitrogens with one attached hydrogen (secondary N) is 1. The van der Waals surface area contributed by atoms with E-state index in [1.54, 1.807) is 0 Å². The van der Waals surface area contributed by atoms with Gasteiger partial charge < -0.3 is 9.64 Å². The zero-order chi connectivity index (χ0) is 19.8. The van der Waals surface area contributed by atoms with Crippen LogP contribution in [0.2, 0.25) is 0 Å². The Morgan fingerprint density at radius 2 is 2.17 bits per heavy atom. The fraction of sp³-hybridized carbons (Fsp3) is 0.500. The molecular formula is C22H27N5O2. The molecule has 2 aliphatic carbocycles. The van der Waals surface area contributed by atoms with E-state index in [1.807, 2.05) is 42.2 Å². The lowest BCUT2D eigenvalue weighted by molar-refractivity contribution is 0.0645. The Hall–Kier alpha value is -2.67. The number of benzene rings is 1. The van der Waals surface area contributed by atoms with Crippen LogP contribution in [-0.2, 0) is 24.1 Å². The van der Waals surface area contributed by atoms with E-state index in [1.165, 1.54) is 11.3 Å². The summed E-state index contributed by atoms with van der Waals surface area (Å²) < 4.78 is 7.40. The molecule has 1 N–H and O–H groups in total. The van der Waals surface area contributed by atoms with Crippen molar-refractivity contribution >= 4 is 16.8 Å². The number of aromatic amines is 1. The number of hydrogen-bond acceptors (Lipinski definition) is 4. The lowest BCUT2D eigenvalue weighted by Crippen LogP contribution is -2.44. The molecule has 1 amide bonds. The highest BCUT2D eigenvalue weighted by atomic mass is 16.5. The van der Waals surface area contributed by atoms with Gasteiger partial charge in [-0.2, -0.15) is 10.2 Å². The zero-order valence-electron chi connectivity index (χ0n) is 16.8. The van der Waals surface area contributed by atoms with Gasteiger partial charge in [0.25, 0.3) is 5.91 Å². The van der Waals surface area contributed by atoms with Crippen molar-refractivity contribution in [3.05, 3.63) is 47.4 Å². The van der Waals surface area contributed by atoms with Crippen molar-refractivity contribution in [1.82, 2.24) is 24.9 Å². The van der Waals surface area contributed by atoms with Crippen LogP contribution in [0.3, 0.4) is 0 Å². The first kappa shape index (κ1) is 18.4. The summed E-state index contributed by atoms with van der Waals surface area (Å²) >= 11 is 0. The van der Waals surface area contributed by atoms with Crippen LogP contribution in [0.15, 0.2) is 30.6 Å². The third-order valence-electron chi connectivity index (χ3n) is 6.13. The van der Waals surface area contributed by atoms with E-state index in [9.17, 15) is 4.79 Å².